The predicted octanol–water partition coefficient (Wildman–Crippen LogP) is 1.98. The van der Waals surface area contributed by atoms with Crippen molar-refractivity contribution in [2.75, 3.05) is 20.6 Å². The highest BCUT2D eigenvalue weighted by Crippen LogP contribution is 2.24. The topological polar surface area (TPSA) is 4.44 Å². The third-order valence-electron chi connectivity index (χ3n) is 1.77. The molecule has 1 aromatic rings. The van der Waals surface area contributed by atoms with E-state index < -0.39 is 0 Å². The van der Waals surface area contributed by atoms with Crippen LogP contribution in [-0.4, -0.2) is 20.6 Å². The van der Waals surface area contributed by atoms with Crippen LogP contribution < -0.4 is 4.90 Å². The van der Waals surface area contributed by atoms with Crippen LogP contribution in [0.25, 0.3) is 5.03 Å². The van der Waals surface area contributed by atoms with E-state index in [2.05, 4.69) is 0 Å². The van der Waals surface area contributed by atoms with Gasteiger partial charge in [-0.2, -0.15) is 0 Å². The van der Waals surface area contributed by atoms with E-state index in [0.717, 1.165) is 12.1 Å². The van der Waals surface area contributed by atoms with Crippen molar-refractivity contribution in [2.45, 2.75) is 0 Å². The molecule has 0 aromatic heterocycles. The first kappa shape index (κ1) is 11.6. The second-order valence-electron chi connectivity index (χ2n) is 3.47. The van der Waals surface area contributed by atoms with Gasteiger partial charge in [0.1, 0.15) is 6.54 Å². The maximum absolute atomic E-state index is 6.14. The Bertz CT molecular complexity index is 317. The lowest BCUT2D eigenvalue weighted by molar-refractivity contribution is -0.852. The number of nitrogens with one attached hydrogen (secondary N) is 1. The van der Waals surface area contributed by atoms with Gasteiger partial charge in [0.05, 0.1) is 24.2 Å². The minimum atomic E-state index is 0.647. The molecule has 1 N–H and O–H groups in total. The lowest BCUT2D eigenvalue weighted by atomic mass is 10.2. The number of hydrogen-bond acceptors (Lipinski definition) is 0. The number of likely N-dealkylation sites (N-methyl/N-ethyl adjacent to an activating group) is 1. The number of benzene rings is 1. The Morgan fingerprint density at radius 1 is 1.14 bits per heavy atom. The first-order valence-electron chi connectivity index (χ1n) is 4.50. The third kappa shape index (κ3) is 3.33. The first-order valence-corrected chi connectivity index (χ1v) is 5.25. The number of rotatable bonds is 3. The summed E-state index contributed by atoms with van der Waals surface area (Å²) in [6.07, 6.45) is 0. The monoisotopic (exact) mass is 230 g/mol. The minimum Gasteiger partial charge on any atom is -0.335 e. The number of quaternary nitrogens is 1. The van der Waals surface area contributed by atoms with Crippen LogP contribution in [0, 0.1) is 0 Å². The maximum atomic E-state index is 6.14. The van der Waals surface area contributed by atoms with Crippen molar-refractivity contribution in [3.05, 3.63) is 40.9 Å². The van der Waals surface area contributed by atoms with Crippen molar-refractivity contribution in [1.29, 1.82) is 0 Å². The van der Waals surface area contributed by atoms with E-state index in [4.69, 9.17) is 23.2 Å². The molecule has 0 heterocycles. The Kier molecular flexibility index (Phi) is 4.46. The molecule has 0 radical (unpaired) electrons. The zero-order valence-corrected chi connectivity index (χ0v) is 9.86. The fourth-order valence-electron chi connectivity index (χ4n) is 1.13. The first-order chi connectivity index (χ1) is 6.61. The normalized spacial score (nSPS) is 12.9. The van der Waals surface area contributed by atoms with Gasteiger partial charge in [-0.15, -0.1) is 0 Å². The highest BCUT2D eigenvalue weighted by Gasteiger charge is 2.07. The lowest BCUT2D eigenvalue weighted by Crippen LogP contribution is -3.05. The molecule has 0 saturated carbocycles. The van der Waals surface area contributed by atoms with Gasteiger partial charge >= 0.3 is 0 Å². The van der Waals surface area contributed by atoms with Crippen molar-refractivity contribution < 1.29 is 4.90 Å². The quantitative estimate of drug-likeness (QED) is 0.811. The summed E-state index contributed by atoms with van der Waals surface area (Å²) >= 11 is 12.2. The van der Waals surface area contributed by atoms with Gasteiger partial charge in [-0.05, 0) is 5.56 Å². The summed E-state index contributed by atoms with van der Waals surface area (Å²) in [5.41, 5.74) is 0.973. The van der Waals surface area contributed by atoms with Crippen LogP contribution in [0.3, 0.4) is 0 Å². The van der Waals surface area contributed by atoms with Crippen molar-refractivity contribution in [3.63, 3.8) is 0 Å². The van der Waals surface area contributed by atoms with Crippen molar-refractivity contribution in [3.8, 4) is 0 Å². The predicted molar refractivity (Wildman–Crippen MR) is 62.7 cm³/mol. The van der Waals surface area contributed by atoms with E-state index in [9.17, 15) is 0 Å². The summed E-state index contributed by atoms with van der Waals surface area (Å²) < 4.78 is 0. The largest absolute Gasteiger partial charge is 0.335 e. The van der Waals surface area contributed by atoms with Crippen molar-refractivity contribution >= 4 is 28.2 Å². The standard InChI is InChI=1S/C11H13Cl2N/c1-14(2)8-10(12)11(13)9-6-4-3-5-7-9/h3-7H,8H2,1-2H3/p+1/b11-10+. The Morgan fingerprint density at radius 3 is 2.21 bits per heavy atom. The Hall–Kier alpha value is -0.500. The molecule has 0 aliphatic carbocycles. The summed E-state index contributed by atoms with van der Waals surface area (Å²) in [4.78, 5) is 1.25. The van der Waals surface area contributed by atoms with Gasteiger partial charge in [0.25, 0.3) is 0 Å². The lowest BCUT2D eigenvalue weighted by Gasteiger charge is -2.08. The Labute approximate surface area is 94.9 Å². The van der Waals surface area contributed by atoms with E-state index in [1.807, 2.05) is 44.4 Å². The van der Waals surface area contributed by atoms with Gasteiger partial charge in [0.2, 0.25) is 0 Å². The fraction of sp³-hybridized carbons (Fsp3) is 0.273. The number of halogens is 2. The Balaban J connectivity index is 2.87. The van der Waals surface area contributed by atoms with Gasteiger partial charge in [0, 0.05) is 0 Å². The molecular formula is C11H14Cl2N+. The molecule has 0 amide bonds. The zero-order chi connectivity index (χ0) is 10.6. The highest BCUT2D eigenvalue weighted by molar-refractivity contribution is 6.54. The van der Waals surface area contributed by atoms with E-state index in [1.54, 1.807) is 0 Å². The van der Waals surface area contributed by atoms with Gasteiger partial charge < -0.3 is 4.90 Å². The van der Waals surface area contributed by atoms with Crippen LogP contribution >= 0.6 is 23.2 Å². The van der Waals surface area contributed by atoms with Crippen molar-refractivity contribution in [2.24, 2.45) is 0 Å². The van der Waals surface area contributed by atoms with Gasteiger partial charge in [-0.25, -0.2) is 0 Å². The third-order valence-corrected chi connectivity index (χ3v) is 2.64. The molecule has 1 nitrogen and oxygen atoms in total. The molecule has 0 aliphatic heterocycles. The summed E-state index contributed by atoms with van der Waals surface area (Å²) in [7, 11) is 4.08. The molecule has 76 valence electrons. The fourth-order valence-corrected chi connectivity index (χ4v) is 1.70. The second-order valence-corrected chi connectivity index (χ2v) is 4.30. The second kappa shape index (κ2) is 5.40. The van der Waals surface area contributed by atoms with Crippen LogP contribution in [0.15, 0.2) is 35.4 Å². The van der Waals surface area contributed by atoms with Crippen LogP contribution in [0.2, 0.25) is 0 Å². The molecule has 0 fully saturated rings. The molecule has 3 heteroatoms. The molecular weight excluding hydrogens is 217 g/mol. The summed E-state index contributed by atoms with van der Waals surface area (Å²) in [6, 6.07) is 9.76. The van der Waals surface area contributed by atoms with E-state index in [-0.39, 0.29) is 0 Å². The van der Waals surface area contributed by atoms with Crippen LogP contribution in [0.5, 0.6) is 0 Å². The minimum absolute atomic E-state index is 0.647. The molecule has 1 aromatic carbocycles. The molecule has 14 heavy (non-hydrogen) atoms. The van der Waals surface area contributed by atoms with E-state index in [0.29, 0.717) is 10.1 Å². The SMILES string of the molecule is C[NH+](C)C/C(Cl)=C(\Cl)c1ccccc1. The molecule has 0 unspecified atom stereocenters. The zero-order valence-electron chi connectivity index (χ0n) is 8.35. The van der Waals surface area contributed by atoms with Gasteiger partial charge in [-0.3, -0.25) is 0 Å². The van der Waals surface area contributed by atoms with Gasteiger partial charge in [-0.1, -0.05) is 53.5 Å². The van der Waals surface area contributed by atoms with Crippen LogP contribution in [0.1, 0.15) is 5.56 Å². The van der Waals surface area contributed by atoms with Crippen molar-refractivity contribution in [1.82, 2.24) is 0 Å². The molecule has 0 saturated heterocycles. The van der Waals surface area contributed by atoms with Crippen LogP contribution in [-0.2, 0) is 0 Å². The summed E-state index contributed by atoms with van der Waals surface area (Å²) in [5, 5.41) is 1.35. The number of hydrogen-bond donors (Lipinski definition) is 1. The maximum Gasteiger partial charge on any atom is 0.115 e. The van der Waals surface area contributed by atoms with E-state index >= 15 is 0 Å². The highest BCUT2D eigenvalue weighted by atomic mass is 35.5. The average molecular weight is 231 g/mol. The molecule has 1 rings (SSSR count). The molecule has 0 spiro atoms. The summed E-state index contributed by atoms with van der Waals surface area (Å²) in [5.74, 6) is 0. The molecule has 0 bridgehead atoms. The van der Waals surface area contributed by atoms with E-state index in [1.165, 1.54) is 4.90 Å². The summed E-state index contributed by atoms with van der Waals surface area (Å²) in [6.45, 7) is 0.745. The Morgan fingerprint density at radius 2 is 1.71 bits per heavy atom. The molecule has 0 aliphatic rings. The average Bonchev–Trinajstić information content (AvgIpc) is 2.17. The van der Waals surface area contributed by atoms with Gasteiger partial charge in [0.15, 0.2) is 0 Å². The van der Waals surface area contributed by atoms with Crippen LogP contribution in [0.4, 0.5) is 0 Å². The smallest absolute Gasteiger partial charge is 0.115 e. The molecule has 0 atom stereocenters.